The van der Waals surface area contributed by atoms with Crippen LogP contribution in [0.4, 0.5) is 8.68 Å². The number of carbonyl (C=O) groups excluding carboxylic acids is 1. The Morgan fingerprint density at radius 3 is 2.30 bits per heavy atom. The van der Waals surface area contributed by atoms with Crippen LogP contribution in [0, 0.1) is 0 Å². The molecule has 0 bridgehead atoms. The molecule has 0 heterocycles. The molecule has 0 aromatic carbocycles. The van der Waals surface area contributed by atoms with Crippen molar-refractivity contribution in [3.8, 4) is 0 Å². The lowest BCUT2D eigenvalue weighted by molar-refractivity contribution is -0.224. The molecule has 8 heteroatoms. The van der Waals surface area contributed by atoms with Gasteiger partial charge in [-0.3, -0.25) is 9.07 Å². The maximum atomic E-state index is 11.4. The average Bonchev–Trinajstić information content (AvgIpc) is 1.59. The molecule has 0 aliphatic carbocycles. The normalized spacial score (nSPS) is 10.6. The lowest BCUT2D eigenvalue weighted by Gasteiger charge is -1.94. The summed E-state index contributed by atoms with van der Waals surface area (Å²) in [6.07, 6.45) is -1.79. The largest absolute Gasteiger partial charge is 0.558 e. The first-order valence-electron chi connectivity index (χ1n) is 1.84. The molecule has 60 valence electrons. The minimum absolute atomic E-state index is 0.923. The van der Waals surface area contributed by atoms with Crippen LogP contribution >= 0.6 is 0 Å². The zero-order chi connectivity index (χ0) is 8.20. The van der Waals surface area contributed by atoms with E-state index < -0.39 is 16.7 Å². The minimum atomic E-state index is -5.30. The van der Waals surface area contributed by atoms with E-state index in [-0.39, 0.29) is 0 Å². The van der Waals surface area contributed by atoms with Gasteiger partial charge in [0.1, 0.15) is 0 Å². The van der Waals surface area contributed by atoms with Crippen molar-refractivity contribution in [2.75, 3.05) is 7.11 Å². The quantitative estimate of drug-likeness (QED) is 0.331. The summed E-state index contributed by atoms with van der Waals surface area (Å²) in [5, 5.41) is 0. The van der Waals surface area contributed by atoms with Gasteiger partial charge in [-0.25, -0.2) is 0 Å². The lowest BCUT2D eigenvalue weighted by Crippen LogP contribution is -2.09. The molecule has 0 rings (SSSR count). The first-order chi connectivity index (χ1) is 4.45. The molecule has 0 saturated heterocycles. The van der Waals surface area contributed by atoms with Crippen LogP contribution in [0.2, 0.25) is 0 Å². The third-order valence-electron chi connectivity index (χ3n) is 0.319. The summed E-state index contributed by atoms with van der Waals surface area (Å²) in [5.74, 6) is 0. The highest BCUT2D eigenvalue weighted by Gasteiger charge is 2.16. The first kappa shape index (κ1) is 9.11. The molecule has 0 aromatic rings. The van der Waals surface area contributed by atoms with E-state index in [0.717, 1.165) is 7.11 Å². The monoisotopic (exact) mass is 174 g/mol. The van der Waals surface area contributed by atoms with Gasteiger partial charge >= 0.3 is 16.7 Å². The van der Waals surface area contributed by atoms with Crippen LogP contribution in [0.25, 0.3) is 0 Å². The van der Waals surface area contributed by atoms with Gasteiger partial charge in [-0.15, -0.1) is 0 Å². The summed E-state index contributed by atoms with van der Waals surface area (Å²) in [6, 6.07) is 0. The van der Waals surface area contributed by atoms with Gasteiger partial charge in [0.05, 0.1) is 7.11 Å². The molecule has 0 spiro atoms. The van der Waals surface area contributed by atoms with Crippen molar-refractivity contribution in [2.24, 2.45) is 0 Å². The summed E-state index contributed by atoms with van der Waals surface area (Å²) in [6.45, 7) is 0. The fraction of sp³-hybridized carbons (Fsp3) is 0.500. The molecule has 0 fully saturated rings. The van der Waals surface area contributed by atoms with Crippen molar-refractivity contribution >= 4 is 16.7 Å². The summed E-state index contributed by atoms with van der Waals surface area (Å²) in [5.41, 5.74) is 0. The Kier molecular flexibility index (Phi) is 3.03. The predicted octanol–water partition coefficient (Wildman–Crippen LogP) is -0.0847. The van der Waals surface area contributed by atoms with Crippen LogP contribution in [0.5, 0.6) is 0 Å². The molecule has 0 atom stereocenters. The molecule has 0 radical (unpaired) electrons. The van der Waals surface area contributed by atoms with E-state index in [1.807, 2.05) is 0 Å². The molecular weight excluding hydrogens is 171 g/mol. The fourth-order valence-corrected chi connectivity index (χ4v) is 0.354. The third kappa shape index (κ3) is 5.25. The molecule has 0 aliphatic rings. The zero-order valence-electron chi connectivity index (χ0n) is 4.74. The average molecular weight is 174 g/mol. The van der Waals surface area contributed by atoms with Crippen LogP contribution in [-0.2, 0) is 24.5 Å². The number of rotatable bonds is 2. The highest BCUT2D eigenvalue weighted by atomic mass is 32.3. The Balaban J connectivity index is 3.82. The summed E-state index contributed by atoms with van der Waals surface area (Å²) < 4.78 is 33.3. The van der Waals surface area contributed by atoms with Crippen molar-refractivity contribution in [1.29, 1.82) is 0 Å². The molecule has 10 heavy (non-hydrogen) atoms. The zero-order valence-corrected chi connectivity index (χ0v) is 5.55. The molecule has 0 aromatic heterocycles. The van der Waals surface area contributed by atoms with E-state index in [0.29, 0.717) is 0 Å². The topological polar surface area (TPSA) is 78.9 Å². The molecule has 6 nitrogen and oxygen atoms in total. The van der Waals surface area contributed by atoms with Gasteiger partial charge in [0.2, 0.25) is 0 Å². The van der Waals surface area contributed by atoms with Crippen LogP contribution in [0.1, 0.15) is 0 Å². The SMILES string of the molecule is COOC(=O)OS(=O)(=O)F. The van der Waals surface area contributed by atoms with Crippen molar-refractivity contribution in [3.63, 3.8) is 0 Å². The first-order valence-corrected chi connectivity index (χ1v) is 3.15. The second-order valence-corrected chi connectivity index (χ2v) is 1.93. The number of hydrogen-bond donors (Lipinski definition) is 0. The van der Waals surface area contributed by atoms with Crippen molar-refractivity contribution < 1.29 is 31.1 Å². The number of carbonyl (C=O) groups is 1. The van der Waals surface area contributed by atoms with E-state index in [4.69, 9.17) is 0 Å². The van der Waals surface area contributed by atoms with Gasteiger partial charge in [0.25, 0.3) is 0 Å². The summed E-state index contributed by atoms with van der Waals surface area (Å²) in [4.78, 5) is 17.0. The molecule has 0 unspecified atom stereocenters. The fourth-order valence-electron chi connectivity index (χ4n) is 0.163. The van der Waals surface area contributed by atoms with Gasteiger partial charge in [0, 0.05) is 0 Å². The highest BCUT2D eigenvalue weighted by Crippen LogP contribution is 1.96. The molecule has 0 aliphatic heterocycles. The van der Waals surface area contributed by atoms with Crippen molar-refractivity contribution in [3.05, 3.63) is 0 Å². The highest BCUT2D eigenvalue weighted by molar-refractivity contribution is 7.81. The molecular formula is C2H3FO6S. The Bertz CT molecular complexity index is 206. The van der Waals surface area contributed by atoms with E-state index in [9.17, 15) is 17.1 Å². The summed E-state index contributed by atoms with van der Waals surface area (Å²) in [7, 11) is -4.38. The van der Waals surface area contributed by atoms with E-state index in [1.165, 1.54) is 0 Å². The van der Waals surface area contributed by atoms with Gasteiger partial charge in [-0.05, 0) is 0 Å². The van der Waals surface area contributed by atoms with E-state index >= 15 is 0 Å². The van der Waals surface area contributed by atoms with Crippen LogP contribution in [0.3, 0.4) is 0 Å². The number of hydrogen-bond acceptors (Lipinski definition) is 6. The van der Waals surface area contributed by atoms with Crippen molar-refractivity contribution in [2.45, 2.75) is 0 Å². The van der Waals surface area contributed by atoms with Gasteiger partial charge in [-0.1, -0.05) is 3.89 Å². The van der Waals surface area contributed by atoms with Gasteiger partial charge in [0.15, 0.2) is 0 Å². The standard InChI is InChI=1S/C2H3FO6S/c1-7-8-2(4)9-10(3,5)6/h1H3. The second-order valence-electron chi connectivity index (χ2n) is 0.976. The molecule has 0 saturated carbocycles. The Morgan fingerprint density at radius 2 is 2.00 bits per heavy atom. The van der Waals surface area contributed by atoms with Gasteiger partial charge < -0.3 is 0 Å². The van der Waals surface area contributed by atoms with Gasteiger partial charge in [-0.2, -0.15) is 18.1 Å². The minimum Gasteiger partial charge on any atom is -0.285 e. The summed E-state index contributed by atoms with van der Waals surface area (Å²) >= 11 is 0. The Morgan fingerprint density at radius 1 is 1.50 bits per heavy atom. The lowest BCUT2D eigenvalue weighted by atomic mass is 11.4. The molecule has 0 amide bonds. The van der Waals surface area contributed by atoms with Crippen LogP contribution in [-0.4, -0.2) is 21.7 Å². The second kappa shape index (κ2) is 3.32. The predicted molar refractivity (Wildman–Crippen MR) is 24.6 cm³/mol. The maximum absolute atomic E-state index is 11.4. The van der Waals surface area contributed by atoms with E-state index in [2.05, 4.69) is 14.0 Å². The van der Waals surface area contributed by atoms with Crippen LogP contribution < -0.4 is 0 Å². The number of halogens is 1. The molecule has 0 N–H and O–H groups in total. The Labute approximate surface area is 55.8 Å². The third-order valence-corrected chi connectivity index (χ3v) is 0.654. The van der Waals surface area contributed by atoms with Crippen molar-refractivity contribution in [1.82, 2.24) is 0 Å². The van der Waals surface area contributed by atoms with E-state index in [1.54, 1.807) is 0 Å². The smallest absolute Gasteiger partial charge is 0.285 e. The maximum Gasteiger partial charge on any atom is 0.558 e. The van der Waals surface area contributed by atoms with Crippen LogP contribution in [0.15, 0.2) is 0 Å². The Hall–Kier alpha value is -0.890.